The summed E-state index contributed by atoms with van der Waals surface area (Å²) in [5.41, 5.74) is 2.05. The van der Waals surface area contributed by atoms with Crippen molar-refractivity contribution in [1.82, 2.24) is 5.32 Å². The van der Waals surface area contributed by atoms with E-state index in [2.05, 4.69) is 11.4 Å². The third-order valence-electron chi connectivity index (χ3n) is 5.58. The van der Waals surface area contributed by atoms with Crippen molar-refractivity contribution in [3.63, 3.8) is 0 Å². The number of nitrogens with zero attached hydrogens (tertiary/aromatic N) is 1. The lowest BCUT2D eigenvalue weighted by Gasteiger charge is -2.22. The van der Waals surface area contributed by atoms with E-state index in [1.165, 1.54) is 0 Å². The van der Waals surface area contributed by atoms with Gasteiger partial charge in [0.25, 0.3) is 0 Å². The second kappa shape index (κ2) is 11.7. The van der Waals surface area contributed by atoms with Gasteiger partial charge in [0.05, 0.1) is 31.0 Å². The summed E-state index contributed by atoms with van der Waals surface area (Å²) < 4.78 is 21.3. The first kappa shape index (κ1) is 26.0. The van der Waals surface area contributed by atoms with E-state index < -0.39 is 23.8 Å². The summed E-state index contributed by atoms with van der Waals surface area (Å²) in [4.78, 5) is 25.1. The van der Waals surface area contributed by atoms with Gasteiger partial charge in [0.2, 0.25) is 0 Å². The maximum atomic E-state index is 12.5. The molecule has 2 N–H and O–H groups in total. The van der Waals surface area contributed by atoms with E-state index >= 15 is 0 Å². The molecule has 0 fully saturated rings. The van der Waals surface area contributed by atoms with Crippen molar-refractivity contribution in [3.05, 3.63) is 59.2 Å². The lowest BCUT2D eigenvalue weighted by Crippen LogP contribution is -2.55. The first-order chi connectivity index (χ1) is 16.9. The second-order valence-corrected chi connectivity index (χ2v) is 8.01. The van der Waals surface area contributed by atoms with E-state index in [1.807, 2.05) is 13.0 Å². The molecule has 35 heavy (non-hydrogen) atoms. The Morgan fingerprint density at radius 3 is 2.37 bits per heavy atom. The van der Waals surface area contributed by atoms with Gasteiger partial charge >= 0.3 is 17.7 Å². The number of hydrogen-bond donors (Lipinski definition) is 2. The highest BCUT2D eigenvalue weighted by Gasteiger charge is 2.59. The quantitative estimate of drug-likeness (QED) is 0.367. The molecule has 1 aliphatic heterocycles. The molecule has 186 valence electrons. The number of nitriles is 1. The minimum atomic E-state index is -2.32. The maximum Gasteiger partial charge on any atom is 0.453 e. The van der Waals surface area contributed by atoms with Crippen LogP contribution in [0.3, 0.4) is 0 Å². The van der Waals surface area contributed by atoms with Crippen LogP contribution >= 0.6 is 0 Å². The van der Waals surface area contributed by atoms with Gasteiger partial charge in [0.1, 0.15) is 0 Å². The highest BCUT2D eigenvalue weighted by Crippen LogP contribution is 2.41. The van der Waals surface area contributed by atoms with Gasteiger partial charge in [-0.1, -0.05) is 25.1 Å². The van der Waals surface area contributed by atoms with Crippen molar-refractivity contribution < 1.29 is 33.6 Å². The molecule has 1 heterocycles. The minimum absolute atomic E-state index is 0.0315. The topological polar surface area (TPSA) is 127 Å². The molecule has 2 aromatic carbocycles. The molecule has 0 aliphatic carbocycles. The highest BCUT2D eigenvalue weighted by atomic mass is 16.8. The summed E-state index contributed by atoms with van der Waals surface area (Å²) in [6, 6.07) is 14.2. The Labute approximate surface area is 204 Å². The van der Waals surface area contributed by atoms with Gasteiger partial charge in [0, 0.05) is 12.6 Å². The average molecular weight is 483 g/mol. The van der Waals surface area contributed by atoms with Crippen LogP contribution in [0.5, 0.6) is 11.5 Å². The Bertz CT molecular complexity index is 1080. The summed E-state index contributed by atoms with van der Waals surface area (Å²) in [5.74, 6) is -3.79. The van der Waals surface area contributed by atoms with Crippen LogP contribution in [0, 0.1) is 11.3 Å². The van der Waals surface area contributed by atoms with Crippen molar-refractivity contribution >= 4 is 11.9 Å². The van der Waals surface area contributed by atoms with Crippen molar-refractivity contribution in [2.24, 2.45) is 0 Å². The summed E-state index contributed by atoms with van der Waals surface area (Å²) >= 11 is 0. The predicted octanol–water partition coefficient (Wildman–Crippen LogP) is 2.80. The number of carbonyl (C=O) groups is 2. The van der Waals surface area contributed by atoms with E-state index in [-0.39, 0.29) is 30.8 Å². The monoisotopic (exact) mass is 482 g/mol. The van der Waals surface area contributed by atoms with E-state index in [0.717, 1.165) is 12.0 Å². The summed E-state index contributed by atoms with van der Waals surface area (Å²) in [7, 11) is 0. The number of hydrogen-bond acceptors (Lipinski definition) is 9. The van der Waals surface area contributed by atoms with Crippen LogP contribution in [0.15, 0.2) is 42.5 Å². The SMILES string of the molecule is CCOC(=O)C1(C(=O)OCC)Oc2ccc(CC(CC)NCC(O)c3cccc(C#N)c3)cc2O1. The smallest absolute Gasteiger partial charge is 0.453 e. The van der Waals surface area contributed by atoms with Crippen molar-refractivity contribution in [3.8, 4) is 17.6 Å². The van der Waals surface area contributed by atoms with Crippen LogP contribution in [0.4, 0.5) is 0 Å². The number of nitrogens with one attached hydrogen (secondary N) is 1. The van der Waals surface area contributed by atoms with Crippen LogP contribution in [-0.4, -0.2) is 48.6 Å². The van der Waals surface area contributed by atoms with Crippen LogP contribution in [0.1, 0.15) is 50.0 Å². The van der Waals surface area contributed by atoms with Crippen LogP contribution in [0.25, 0.3) is 0 Å². The number of aliphatic hydroxyl groups is 1. The normalized spacial score (nSPS) is 15.1. The van der Waals surface area contributed by atoms with Crippen LogP contribution in [0.2, 0.25) is 0 Å². The van der Waals surface area contributed by atoms with E-state index in [0.29, 0.717) is 24.1 Å². The zero-order chi connectivity index (χ0) is 25.4. The number of ether oxygens (including phenoxy) is 4. The largest absolute Gasteiger partial charge is 0.460 e. The zero-order valence-electron chi connectivity index (χ0n) is 20.1. The summed E-state index contributed by atoms with van der Waals surface area (Å²) in [6.45, 7) is 5.67. The van der Waals surface area contributed by atoms with Crippen molar-refractivity contribution in [1.29, 1.82) is 5.26 Å². The molecular formula is C26H30N2O7. The molecule has 1 aliphatic rings. The lowest BCUT2D eigenvalue weighted by molar-refractivity contribution is -0.202. The Hall–Kier alpha value is -3.61. The molecular weight excluding hydrogens is 452 g/mol. The Kier molecular flexibility index (Phi) is 8.68. The predicted molar refractivity (Wildman–Crippen MR) is 126 cm³/mol. The lowest BCUT2D eigenvalue weighted by atomic mass is 10.0. The van der Waals surface area contributed by atoms with Gasteiger partial charge in [-0.3, -0.25) is 0 Å². The number of carbonyl (C=O) groups excluding carboxylic acids is 2. The van der Waals surface area contributed by atoms with E-state index in [9.17, 15) is 14.7 Å². The fraction of sp³-hybridized carbons (Fsp3) is 0.423. The number of benzene rings is 2. The summed E-state index contributed by atoms with van der Waals surface area (Å²) in [6.07, 6.45) is 0.627. The zero-order valence-corrected chi connectivity index (χ0v) is 20.1. The number of fused-ring (bicyclic) bond motifs is 1. The minimum Gasteiger partial charge on any atom is -0.460 e. The molecule has 0 amide bonds. The number of rotatable bonds is 11. The molecule has 2 unspecified atom stereocenters. The molecule has 2 aromatic rings. The Balaban J connectivity index is 1.69. The second-order valence-electron chi connectivity index (χ2n) is 8.01. The molecule has 0 saturated carbocycles. The fourth-order valence-electron chi connectivity index (χ4n) is 3.73. The average Bonchev–Trinajstić information content (AvgIpc) is 3.27. The third-order valence-corrected chi connectivity index (χ3v) is 5.58. The van der Waals surface area contributed by atoms with Crippen LogP contribution in [-0.2, 0) is 25.5 Å². The van der Waals surface area contributed by atoms with E-state index in [1.54, 1.807) is 50.2 Å². The first-order valence-electron chi connectivity index (χ1n) is 11.6. The molecule has 0 radical (unpaired) electrons. The molecule has 9 nitrogen and oxygen atoms in total. The van der Waals surface area contributed by atoms with E-state index in [4.69, 9.17) is 24.2 Å². The van der Waals surface area contributed by atoms with Gasteiger partial charge in [0.15, 0.2) is 11.5 Å². The van der Waals surface area contributed by atoms with Gasteiger partial charge < -0.3 is 29.4 Å². The van der Waals surface area contributed by atoms with Gasteiger partial charge in [-0.05, 0) is 62.1 Å². The molecule has 0 spiro atoms. The van der Waals surface area contributed by atoms with Gasteiger partial charge in [-0.15, -0.1) is 0 Å². The molecule has 9 heteroatoms. The molecule has 2 atom stereocenters. The van der Waals surface area contributed by atoms with Crippen molar-refractivity contribution in [2.75, 3.05) is 19.8 Å². The maximum absolute atomic E-state index is 12.5. The number of esters is 2. The molecule has 0 bridgehead atoms. The van der Waals surface area contributed by atoms with Crippen LogP contribution < -0.4 is 14.8 Å². The molecule has 0 saturated heterocycles. The first-order valence-corrected chi connectivity index (χ1v) is 11.6. The molecule has 3 rings (SSSR count). The highest BCUT2D eigenvalue weighted by molar-refractivity contribution is 6.03. The van der Waals surface area contributed by atoms with Gasteiger partial charge in [-0.25, -0.2) is 9.59 Å². The fourth-order valence-corrected chi connectivity index (χ4v) is 3.73. The van der Waals surface area contributed by atoms with Crippen molar-refractivity contribution in [2.45, 2.75) is 51.5 Å². The Morgan fingerprint density at radius 1 is 1.06 bits per heavy atom. The number of aliphatic hydroxyl groups excluding tert-OH is 1. The summed E-state index contributed by atoms with van der Waals surface area (Å²) in [5, 5.41) is 22.9. The van der Waals surface area contributed by atoms with Gasteiger partial charge in [-0.2, -0.15) is 5.26 Å². The standard InChI is InChI=1S/C26H30N2O7/c1-4-20(28-16-21(29)19-9-7-8-18(12-19)15-27)13-17-10-11-22-23(14-17)35-26(34-22,24(30)32-5-2)25(31)33-6-3/h7-12,14,20-21,28-29H,4-6,13,16H2,1-3H3. The Morgan fingerprint density at radius 2 is 1.74 bits per heavy atom. The molecule has 0 aromatic heterocycles. The third kappa shape index (κ3) is 5.91.